The number of hydrogen-bond donors (Lipinski definition) is 0. The number of thiazole rings is 1. The Kier molecular flexibility index (Phi) is 3.09. The Hall–Kier alpha value is -1.24. The van der Waals surface area contributed by atoms with Gasteiger partial charge in [-0.15, -0.1) is 11.3 Å². The van der Waals surface area contributed by atoms with Gasteiger partial charge in [0.2, 0.25) is 0 Å². The molecule has 2 aliphatic rings. The lowest BCUT2D eigenvalue weighted by Crippen LogP contribution is -2.49. The number of piperazine rings is 1. The van der Waals surface area contributed by atoms with Gasteiger partial charge in [0.05, 0.1) is 5.69 Å². The Balaban J connectivity index is 1.54. The first kappa shape index (κ1) is 12.5. The van der Waals surface area contributed by atoms with Crippen molar-refractivity contribution in [3.8, 4) is 0 Å². The van der Waals surface area contributed by atoms with E-state index in [0.717, 1.165) is 42.9 Å². The molecule has 1 atom stereocenters. The zero-order chi connectivity index (χ0) is 13.5. The molecule has 0 bridgehead atoms. The van der Waals surface area contributed by atoms with Crippen LogP contribution in [0.25, 0.3) is 4.96 Å². The summed E-state index contributed by atoms with van der Waals surface area (Å²) in [6.45, 7) is 5.42. The van der Waals surface area contributed by atoms with Crippen molar-refractivity contribution in [2.45, 2.75) is 25.4 Å². The summed E-state index contributed by atoms with van der Waals surface area (Å²) in [4.78, 5) is 22.4. The zero-order valence-corrected chi connectivity index (χ0v) is 12.2. The lowest BCUT2D eigenvalue weighted by molar-refractivity contribution is 0.0985. The molecule has 2 saturated heterocycles. The lowest BCUT2D eigenvalue weighted by Gasteiger charge is -2.37. The minimum absolute atomic E-state index is 0.0331. The van der Waals surface area contributed by atoms with Crippen LogP contribution in [0.3, 0.4) is 0 Å². The van der Waals surface area contributed by atoms with Crippen LogP contribution in [0, 0.1) is 0 Å². The number of nitrogens with zero attached hydrogens (tertiary/aromatic N) is 4. The maximum Gasteiger partial charge on any atom is 0.258 e. The Labute approximate surface area is 121 Å². The van der Waals surface area contributed by atoms with Crippen molar-refractivity contribution in [1.82, 2.24) is 19.2 Å². The molecule has 2 aromatic heterocycles. The van der Waals surface area contributed by atoms with Crippen LogP contribution in [0.15, 0.2) is 22.4 Å². The third-order valence-electron chi connectivity index (χ3n) is 4.41. The van der Waals surface area contributed by atoms with Crippen molar-refractivity contribution < 1.29 is 0 Å². The maximum absolute atomic E-state index is 12.0. The Bertz CT molecular complexity index is 679. The zero-order valence-electron chi connectivity index (χ0n) is 11.4. The van der Waals surface area contributed by atoms with Crippen LogP contribution >= 0.6 is 11.3 Å². The normalized spacial score (nSPS) is 24.3. The molecule has 0 radical (unpaired) electrons. The van der Waals surface area contributed by atoms with Crippen LogP contribution < -0.4 is 5.56 Å². The van der Waals surface area contributed by atoms with Crippen LogP contribution in [-0.4, -0.2) is 51.4 Å². The van der Waals surface area contributed by atoms with Gasteiger partial charge in [0, 0.05) is 49.9 Å². The molecular weight excluding hydrogens is 272 g/mol. The van der Waals surface area contributed by atoms with Gasteiger partial charge in [0.25, 0.3) is 5.56 Å². The van der Waals surface area contributed by atoms with Gasteiger partial charge in [0.15, 0.2) is 4.96 Å². The minimum atomic E-state index is 0.0331. The summed E-state index contributed by atoms with van der Waals surface area (Å²) in [5, 5.41) is 1.91. The highest BCUT2D eigenvalue weighted by atomic mass is 32.1. The monoisotopic (exact) mass is 290 g/mol. The average Bonchev–Trinajstić information content (AvgIpc) is 3.06. The summed E-state index contributed by atoms with van der Waals surface area (Å²) < 4.78 is 1.61. The smallest absolute Gasteiger partial charge is 0.258 e. The fourth-order valence-electron chi connectivity index (χ4n) is 3.40. The highest BCUT2D eigenvalue weighted by Crippen LogP contribution is 2.22. The first-order chi connectivity index (χ1) is 9.79. The fraction of sp³-hybridized carbons (Fsp3) is 0.571. The van der Waals surface area contributed by atoms with E-state index in [4.69, 9.17) is 0 Å². The van der Waals surface area contributed by atoms with Crippen LogP contribution in [0.4, 0.5) is 0 Å². The van der Waals surface area contributed by atoms with E-state index in [1.54, 1.807) is 16.7 Å². The van der Waals surface area contributed by atoms with E-state index >= 15 is 0 Å². The average molecular weight is 290 g/mol. The molecule has 4 heterocycles. The molecule has 0 saturated carbocycles. The molecule has 4 rings (SSSR count). The molecule has 0 unspecified atom stereocenters. The van der Waals surface area contributed by atoms with Crippen molar-refractivity contribution in [2.75, 3.05) is 26.2 Å². The molecule has 0 aliphatic carbocycles. The molecule has 20 heavy (non-hydrogen) atoms. The third kappa shape index (κ3) is 2.17. The number of rotatable bonds is 2. The summed E-state index contributed by atoms with van der Waals surface area (Å²) in [6.07, 6.45) is 4.44. The Morgan fingerprint density at radius 3 is 3.25 bits per heavy atom. The molecule has 5 nitrogen and oxygen atoms in total. The largest absolute Gasteiger partial charge is 0.298 e. The molecule has 0 N–H and O–H groups in total. The van der Waals surface area contributed by atoms with E-state index in [1.165, 1.54) is 30.7 Å². The molecule has 0 aromatic carbocycles. The van der Waals surface area contributed by atoms with Crippen LogP contribution in [-0.2, 0) is 6.54 Å². The summed E-state index contributed by atoms with van der Waals surface area (Å²) in [7, 11) is 0. The first-order valence-electron chi connectivity index (χ1n) is 7.22. The van der Waals surface area contributed by atoms with Gasteiger partial charge in [-0.1, -0.05) is 0 Å². The first-order valence-corrected chi connectivity index (χ1v) is 8.10. The SMILES string of the molecule is O=c1cc(CN2CCN3CCC[C@H]3C2)nc2sccn12. The van der Waals surface area contributed by atoms with Gasteiger partial charge in [-0.2, -0.15) is 0 Å². The highest BCUT2D eigenvalue weighted by molar-refractivity contribution is 7.15. The quantitative estimate of drug-likeness (QED) is 0.828. The molecule has 2 aliphatic heterocycles. The van der Waals surface area contributed by atoms with E-state index < -0.39 is 0 Å². The van der Waals surface area contributed by atoms with Gasteiger partial charge in [-0.25, -0.2) is 4.98 Å². The van der Waals surface area contributed by atoms with Crippen LogP contribution in [0.5, 0.6) is 0 Å². The van der Waals surface area contributed by atoms with Crippen LogP contribution in [0.1, 0.15) is 18.5 Å². The molecular formula is C14H18N4OS. The van der Waals surface area contributed by atoms with E-state index in [0.29, 0.717) is 0 Å². The second-order valence-electron chi connectivity index (χ2n) is 5.71. The van der Waals surface area contributed by atoms with Gasteiger partial charge >= 0.3 is 0 Å². The van der Waals surface area contributed by atoms with Gasteiger partial charge < -0.3 is 0 Å². The van der Waals surface area contributed by atoms with E-state index in [9.17, 15) is 4.79 Å². The molecule has 6 heteroatoms. The maximum atomic E-state index is 12.0. The molecule has 0 spiro atoms. The second-order valence-corrected chi connectivity index (χ2v) is 6.58. The molecule has 2 fully saturated rings. The van der Waals surface area contributed by atoms with E-state index in [1.807, 2.05) is 5.38 Å². The molecule has 2 aromatic rings. The van der Waals surface area contributed by atoms with Crippen molar-refractivity contribution in [2.24, 2.45) is 0 Å². The summed E-state index contributed by atoms with van der Waals surface area (Å²) in [5.74, 6) is 0. The van der Waals surface area contributed by atoms with Crippen molar-refractivity contribution in [1.29, 1.82) is 0 Å². The molecule has 106 valence electrons. The van der Waals surface area contributed by atoms with E-state index in [-0.39, 0.29) is 5.56 Å². The van der Waals surface area contributed by atoms with Gasteiger partial charge in [0.1, 0.15) is 0 Å². The van der Waals surface area contributed by atoms with E-state index in [2.05, 4.69) is 14.8 Å². The van der Waals surface area contributed by atoms with Crippen molar-refractivity contribution in [3.05, 3.63) is 33.7 Å². The summed E-state index contributed by atoms with van der Waals surface area (Å²) in [5.41, 5.74) is 0.939. The van der Waals surface area contributed by atoms with Crippen molar-refractivity contribution in [3.63, 3.8) is 0 Å². The van der Waals surface area contributed by atoms with Crippen molar-refractivity contribution >= 4 is 16.3 Å². The third-order valence-corrected chi connectivity index (χ3v) is 5.17. The minimum Gasteiger partial charge on any atom is -0.298 e. The fourth-order valence-corrected chi connectivity index (χ4v) is 4.14. The predicted octanol–water partition coefficient (Wildman–Crippen LogP) is 1.04. The second kappa shape index (κ2) is 4.95. The standard InChI is InChI=1S/C14H18N4OS/c19-13-8-11(15-14-18(13)6-7-20-14)9-16-4-5-17-3-1-2-12(17)10-16/h6-8,12H,1-5,9-10H2/t12-/m0/s1. The van der Waals surface area contributed by atoms with Crippen LogP contribution in [0.2, 0.25) is 0 Å². The van der Waals surface area contributed by atoms with Gasteiger partial charge in [-0.05, 0) is 19.4 Å². The highest BCUT2D eigenvalue weighted by Gasteiger charge is 2.30. The number of hydrogen-bond acceptors (Lipinski definition) is 5. The summed E-state index contributed by atoms with van der Waals surface area (Å²) >= 11 is 1.52. The number of fused-ring (bicyclic) bond motifs is 2. The topological polar surface area (TPSA) is 40.9 Å². The van der Waals surface area contributed by atoms with Gasteiger partial charge in [-0.3, -0.25) is 19.0 Å². The summed E-state index contributed by atoms with van der Waals surface area (Å²) in [6, 6.07) is 2.40. The lowest BCUT2D eigenvalue weighted by atomic mass is 10.1. The molecule has 0 amide bonds. The Morgan fingerprint density at radius 2 is 2.30 bits per heavy atom. The predicted molar refractivity (Wildman–Crippen MR) is 79.2 cm³/mol. The number of aromatic nitrogens is 2. The Morgan fingerprint density at radius 1 is 1.35 bits per heavy atom.